The maximum absolute atomic E-state index is 12.6. The molecule has 4 N–H and O–H groups in total. The molecular formula is C19H27ClN8O4. The largest absolute Gasteiger partial charge is 0.356 e. The highest BCUT2D eigenvalue weighted by molar-refractivity contribution is 6.04. The van der Waals surface area contributed by atoms with Crippen molar-refractivity contribution in [3.05, 3.63) is 46.0 Å². The summed E-state index contributed by atoms with van der Waals surface area (Å²) in [5, 5.41) is 22.8. The van der Waals surface area contributed by atoms with Crippen molar-refractivity contribution in [1.29, 1.82) is 0 Å². The van der Waals surface area contributed by atoms with Gasteiger partial charge in [0.2, 0.25) is 0 Å². The Labute approximate surface area is 191 Å². The van der Waals surface area contributed by atoms with Crippen LogP contribution < -0.4 is 21.3 Å². The fourth-order valence-electron chi connectivity index (χ4n) is 3.18. The number of nitro groups is 1. The van der Waals surface area contributed by atoms with Crippen LogP contribution in [-0.4, -0.2) is 57.5 Å². The summed E-state index contributed by atoms with van der Waals surface area (Å²) in [4.78, 5) is 39.7. The molecule has 0 aromatic carbocycles. The van der Waals surface area contributed by atoms with E-state index in [2.05, 4.69) is 26.3 Å². The van der Waals surface area contributed by atoms with E-state index < -0.39 is 10.8 Å². The minimum atomic E-state index is -0.561. The molecule has 1 aliphatic heterocycles. The van der Waals surface area contributed by atoms with E-state index in [1.54, 1.807) is 30.9 Å². The van der Waals surface area contributed by atoms with Gasteiger partial charge < -0.3 is 30.4 Å². The summed E-state index contributed by atoms with van der Waals surface area (Å²) in [5.74, 6) is -0.0609. The fraction of sp³-hybridized carbons (Fsp3) is 0.421. The smallest absolute Gasteiger partial charge is 0.287 e. The van der Waals surface area contributed by atoms with Crippen molar-refractivity contribution in [2.75, 3.05) is 25.0 Å². The number of guanidine groups is 1. The molecule has 1 unspecified atom stereocenters. The highest BCUT2D eigenvalue weighted by Gasteiger charge is 2.19. The lowest BCUT2D eigenvalue weighted by molar-refractivity contribution is -0.384. The number of nitrogens with one attached hydrogen (secondary N) is 4. The van der Waals surface area contributed by atoms with Gasteiger partial charge in [-0.25, -0.2) is 0 Å². The van der Waals surface area contributed by atoms with Crippen LogP contribution in [0, 0.1) is 10.1 Å². The molecule has 3 rings (SSSR count). The Hall–Kier alpha value is -3.54. The van der Waals surface area contributed by atoms with Gasteiger partial charge in [-0.05, 0) is 19.4 Å². The Morgan fingerprint density at radius 2 is 1.91 bits per heavy atom. The normalized spacial score (nSPS) is 13.8. The zero-order valence-corrected chi connectivity index (χ0v) is 18.9. The summed E-state index contributed by atoms with van der Waals surface area (Å²) < 4.78 is 2.98. The van der Waals surface area contributed by atoms with Crippen LogP contribution in [0.1, 0.15) is 34.3 Å². The molecule has 0 aliphatic carbocycles. The first-order chi connectivity index (χ1) is 14.7. The van der Waals surface area contributed by atoms with Crippen molar-refractivity contribution in [2.45, 2.75) is 19.4 Å². The first-order valence-electron chi connectivity index (χ1n) is 9.86. The molecule has 2 aromatic heterocycles. The van der Waals surface area contributed by atoms with Crippen molar-refractivity contribution >= 4 is 41.6 Å². The Bertz CT molecular complexity index is 1030. The van der Waals surface area contributed by atoms with Crippen LogP contribution >= 0.6 is 12.4 Å². The quantitative estimate of drug-likeness (QED) is 0.353. The van der Waals surface area contributed by atoms with Gasteiger partial charge in [-0.2, -0.15) is 0 Å². The van der Waals surface area contributed by atoms with Crippen molar-refractivity contribution in [3.8, 4) is 0 Å². The highest BCUT2D eigenvalue weighted by atomic mass is 35.5. The Morgan fingerprint density at radius 3 is 2.53 bits per heavy atom. The van der Waals surface area contributed by atoms with E-state index in [-0.39, 0.29) is 35.7 Å². The van der Waals surface area contributed by atoms with Crippen LogP contribution in [0.15, 0.2) is 29.5 Å². The van der Waals surface area contributed by atoms with Crippen LogP contribution in [0.5, 0.6) is 0 Å². The second kappa shape index (κ2) is 10.7. The Kier molecular flexibility index (Phi) is 8.24. The lowest BCUT2D eigenvalue weighted by atomic mass is 10.3. The summed E-state index contributed by atoms with van der Waals surface area (Å²) in [7, 11) is 3.25. The number of rotatable bonds is 7. The molecule has 0 fully saturated rings. The van der Waals surface area contributed by atoms with E-state index in [9.17, 15) is 19.7 Å². The maximum Gasteiger partial charge on any atom is 0.287 e. The third kappa shape index (κ3) is 6.00. The maximum atomic E-state index is 12.6. The average molecular weight is 467 g/mol. The second-order valence-electron chi connectivity index (χ2n) is 7.40. The molecule has 12 nitrogen and oxygen atoms in total. The van der Waals surface area contributed by atoms with Crippen LogP contribution in [0.2, 0.25) is 0 Å². The monoisotopic (exact) mass is 466 g/mol. The summed E-state index contributed by atoms with van der Waals surface area (Å²) in [6.07, 6.45) is 3.87. The molecular weight excluding hydrogens is 440 g/mol. The van der Waals surface area contributed by atoms with Crippen LogP contribution in [-0.2, 0) is 14.1 Å². The van der Waals surface area contributed by atoms with E-state index in [1.165, 1.54) is 16.8 Å². The molecule has 174 valence electrons. The van der Waals surface area contributed by atoms with E-state index in [0.29, 0.717) is 17.9 Å². The minimum Gasteiger partial charge on any atom is -0.356 e. The van der Waals surface area contributed by atoms with Gasteiger partial charge in [-0.15, -0.1) is 12.4 Å². The average Bonchev–Trinajstić information content (AvgIpc) is 3.29. The Balaban J connectivity index is 0.00000363. The van der Waals surface area contributed by atoms with Crippen LogP contribution in [0.3, 0.4) is 0 Å². The SMILES string of the molecule is CC(CNC(=O)c1cc(NC(=O)c2cc([N+](=O)[O-])cn2C)cn1C)NC1=NCCCN1.Cl. The molecule has 2 aromatic rings. The molecule has 1 aliphatic rings. The van der Waals surface area contributed by atoms with Gasteiger partial charge in [0.1, 0.15) is 11.4 Å². The van der Waals surface area contributed by atoms with Gasteiger partial charge in [-0.1, -0.05) is 0 Å². The zero-order chi connectivity index (χ0) is 22.5. The number of carbonyl (C=O) groups is 2. The summed E-state index contributed by atoms with van der Waals surface area (Å²) >= 11 is 0. The number of aryl methyl sites for hydroxylation is 2. The first-order valence-corrected chi connectivity index (χ1v) is 9.86. The molecule has 1 atom stereocenters. The lowest BCUT2D eigenvalue weighted by Crippen LogP contribution is -2.48. The minimum absolute atomic E-state index is 0. The predicted octanol–water partition coefficient (Wildman–Crippen LogP) is 1.00. The van der Waals surface area contributed by atoms with E-state index >= 15 is 0 Å². The van der Waals surface area contributed by atoms with Crippen LogP contribution in [0.4, 0.5) is 11.4 Å². The zero-order valence-electron chi connectivity index (χ0n) is 18.0. The highest BCUT2D eigenvalue weighted by Crippen LogP contribution is 2.18. The van der Waals surface area contributed by atoms with Crippen molar-refractivity contribution in [1.82, 2.24) is 25.1 Å². The molecule has 2 amide bonds. The van der Waals surface area contributed by atoms with Gasteiger partial charge in [0.05, 0.1) is 16.8 Å². The van der Waals surface area contributed by atoms with Crippen molar-refractivity contribution in [3.63, 3.8) is 0 Å². The van der Waals surface area contributed by atoms with Gasteiger partial charge in [0, 0.05) is 52.0 Å². The number of anilines is 1. The van der Waals surface area contributed by atoms with Crippen LogP contribution in [0.25, 0.3) is 0 Å². The number of aliphatic imine (C=N–C) groups is 1. The van der Waals surface area contributed by atoms with Gasteiger partial charge in [0.15, 0.2) is 5.96 Å². The van der Waals surface area contributed by atoms with Gasteiger partial charge in [-0.3, -0.25) is 24.7 Å². The van der Waals surface area contributed by atoms with E-state index in [4.69, 9.17) is 0 Å². The number of hydrogen-bond donors (Lipinski definition) is 4. The molecule has 0 saturated heterocycles. The second-order valence-corrected chi connectivity index (χ2v) is 7.40. The Morgan fingerprint density at radius 1 is 1.22 bits per heavy atom. The number of aromatic nitrogens is 2. The number of amides is 2. The van der Waals surface area contributed by atoms with Crippen molar-refractivity contribution in [2.24, 2.45) is 19.1 Å². The number of hydrogen-bond acceptors (Lipinski definition) is 7. The molecule has 3 heterocycles. The van der Waals surface area contributed by atoms with E-state index in [1.807, 2.05) is 6.92 Å². The summed E-state index contributed by atoms with van der Waals surface area (Å²) in [5.41, 5.74) is 0.750. The molecule has 0 spiro atoms. The fourth-order valence-corrected chi connectivity index (χ4v) is 3.18. The molecule has 0 radical (unpaired) electrons. The van der Waals surface area contributed by atoms with Crippen molar-refractivity contribution < 1.29 is 14.5 Å². The van der Waals surface area contributed by atoms with Gasteiger partial charge in [0.25, 0.3) is 17.5 Å². The first kappa shape index (κ1) is 24.7. The topological polar surface area (TPSA) is 148 Å². The lowest BCUT2D eigenvalue weighted by Gasteiger charge is -2.21. The summed E-state index contributed by atoms with van der Waals surface area (Å²) in [6, 6.07) is 2.72. The number of halogens is 1. The number of nitrogens with zero attached hydrogens (tertiary/aromatic N) is 4. The molecule has 13 heteroatoms. The number of carbonyl (C=O) groups excluding carboxylic acids is 2. The van der Waals surface area contributed by atoms with E-state index in [0.717, 1.165) is 25.5 Å². The molecule has 0 saturated carbocycles. The van der Waals surface area contributed by atoms with Gasteiger partial charge >= 0.3 is 0 Å². The predicted molar refractivity (Wildman–Crippen MR) is 123 cm³/mol. The summed E-state index contributed by atoms with van der Waals surface area (Å²) in [6.45, 7) is 3.98. The molecule has 32 heavy (non-hydrogen) atoms. The third-order valence-corrected chi connectivity index (χ3v) is 4.78. The third-order valence-electron chi connectivity index (χ3n) is 4.78. The molecule has 0 bridgehead atoms. The standard InChI is InChI=1S/C19H26N8O4.ClH/c1-12(23-19-20-5-4-6-21-19)9-22-17(28)15-7-13(10-25(15)2)24-18(29)16-8-14(27(30)31)11-26(16)3;/h7-8,10-12H,4-6,9H2,1-3H3,(H,22,28)(H,24,29)(H2,20,21,23);1H.